The summed E-state index contributed by atoms with van der Waals surface area (Å²) in [5, 5.41) is 2.89. The van der Waals surface area contributed by atoms with Crippen molar-refractivity contribution in [3.8, 4) is 0 Å². The first-order valence-electron chi connectivity index (χ1n) is 6.29. The molecule has 0 saturated carbocycles. The molecule has 1 saturated heterocycles. The number of carbonyl (C=O) groups is 1. The molecule has 104 valence electrons. The Bertz CT molecular complexity index is 441. The van der Waals surface area contributed by atoms with Gasteiger partial charge in [0.15, 0.2) is 0 Å². The number of aromatic nitrogens is 2. The first-order valence-corrected chi connectivity index (χ1v) is 6.70. The van der Waals surface area contributed by atoms with Gasteiger partial charge in [-0.1, -0.05) is 12.2 Å². The van der Waals surface area contributed by atoms with Gasteiger partial charge in [-0.2, -0.15) is 0 Å². The van der Waals surface area contributed by atoms with Gasteiger partial charge >= 0.3 is 0 Å². The molecule has 2 rings (SSSR count). The Labute approximate surface area is 117 Å². The van der Waals surface area contributed by atoms with Gasteiger partial charge in [0.05, 0.1) is 4.99 Å². The van der Waals surface area contributed by atoms with E-state index in [4.69, 9.17) is 22.7 Å². The van der Waals surface area contributed by atoms with E-state index in [0.29, 0.717) is 39.0 Å². The number of rotatable bonds is 5. The molecule has 1 amide bonds. The summed E-state index contributed by atoms with van der Waals surface area (Å²) in [6, 6.07) is 0. The molecule has 0 spiro atoms. The highest BCUT2D eigenvalue weighted by atomic mass is 32.1. The third kappa shape index (κ3) is 3.10. The summed E-state index contributed by atoms with van der Waals surface area (Å²) < 4.78 is 5.28. The van der Waals surface area contributed by atoms with Crippen molar-refractivity contribution in [2.75, 3.05) is 19.8 Å². The molecule has 4 N–H and O–H groups in total. The van der Waals surface area contributed by atoms with Gasteiger partial charge < -0.3 is 20.8 Å². The standard InChI is InChI=1S/C12H18N4O2S/c13-10(19)12(2-7-18-8-3-12)11(17)16-4-1-9-14-5-6-15-9/h5-6H,1-4,7-8H2,(H2,13,19)(H,14,15)(H,16,17). The molecule has 6 nitrogen and oxygen atoms in total. The predicted octanol–water partition coefficient (Wildman–Crippen LogP) is 0.151. The summed E-state index contributed by atoms with van der Waals surface area (Å²) in [7, 11) is 0. The van der Waals surface area contributed by atoms with Crippen molar-refractivity contribution in [3.63, 3.8) is 0 Å². The van der Waals surface area contributed by atoms with E-state index in [-0.39, 0.29) is 10.9 Å². The molecule has 0 atom stereocenters. The molecule has 2 heterocycles. The van der Waals surface area contributed by atoms with Crippen LogP contribution >= 0.6 is 12.2 Å². The summed E-state index contributed by atoms with van der Waals surface area (Å²) >= 11 is 5.08. The van der Waals surface area contributed by atoms with E-state index in [1.54, 1.807) is 12.4 Å². The van der Waals surface area contributed by atoms with E-state index in [9.17, 15) is 4.79 Å². The van der Waals surface area contributed by atoms with Crippen LogP contribution in [0.5, 0.6) is 0 Å². The van der Waals surface area contributed by atoms with E-state index >= 15 is 0 Å². The van der Waals surface area contributed by atoms with Crippen molar-refractivity contribution in [2.45, 2.75) is 19.3 Å². The highest BCUT2D eigenvalue weighted by molar-refractivity contribution is 7.80. The third-order valence-electron chi connectivity index (χ3n) is 3.45. The van der Waals surface area contributed by atoms with E-state index in [2.05, 4.69) is 15.3 Å². The lowest BCUT2D eigenvalue weighted by Gasteiger charge is -2.34. The number of hydrogen-bond acceptors (Lipinski definition) is 4. The molecule has 0 aromatic carbocycles. The van der Waals surface area contributed by atoms with Crippen molar-refractivity contribution in [3.05, 3.63) is 18.2 Å². The van der Waals surface area contributed by atoms with Gasteiger partial charge in [0.2, 0.25) is 5.91 Å². The number of ether oxygens (including phenoxy) is 1. The number of nitrogens with one attached hydrogen (secondary N) is 2. The van der Waals surface area contributed by atoms with Crippen molar-refractivity contribution < 1.29 is 9.53 Å². The fourth-order valence-electron chi connectivity index (χ4n) is 2.20. The molecule has 1 fully saturated rings. The van der Waals surface area contributed by atoms with Gasteiger partial charge in [0.1, 0.15) is 11.2 Å². The fraction of sp³-hybridized carbons (Fsp3) is 0.583. The Hall–Kier alpha value is -1.47. The van der Waals surface area contributed by atoms with Crippen LogP contribution in [-0.2, 0) is 16.0 Å². The number of H-pyrrole nitrogens is 1. The molecule has 19 heavy (non-hydrogen) atoms. The van der Waals surface area contributed by atoms with Crippen LogP contribution in [0.3, 0.4) is 0 Å². The van der Waals surface area contributed by atoms with Gasteiger partial charge in [-0.25, -0.2) is 4.98 Å². The fourth-order valence-corrected chi connectivity index (χ4v) is 2.50. The molecule has 1 aliphatic rings. The zero-order chi connectivity index (χ0) is 13.7. The number of nitrogens with two attached hydrogens (primary N) is 1. The summed E-state index contributed by atoms with van der Waals surface area (Å²) in [4.78, 5) is 19.7. The lowest BCUT2D eigenvalue weighted by atomic mass is 9.79. The molecule has 1 aromatic rings. The zero-order valence-corrected chi connectivity index (χ0v) is 11.5. The third-order valence-corrected chi connectivity index (χ3v) is 3.85. The zero-order valence-electron chi connectivity index (χ0n) is 10.6. The molecule has 0 unspecified atom stereocenters. The summed E-state index contributed by atoms with van der Waals surface area (Å²) in [6.07, 6.45) is 5.20. The van der Waals surface area contributed by atoms with Crippen LogP contribution < -0.4 is 11.1 Å². The molecule has 0 radical (unpaired) electrons. The van der Waals surface area contributed by atoms with Crippen LogP contribution in [0.4, 0.5) is 0 Å². The number of aromatic amines is 1. The second-order valence-corrected chi connectivity index (χ2v) is 5.04. The van der Waals surface area contributed by atoms with E-state index in [1.165, 1.54) is 0 Å². The maximum atomic E-state index is 12.3. The Morgan fingerprint density at radius 1 is 1.58 bits per heavy atom. The van der Waals surface area contributed by atoms with Crippen molar-refractivity contribution in [2.24, 2.45) is 11.1 Å². The summed E-state index contributed by atoms with van der Waals surface area (Å²) in [5.41, 5.74) is 5.01. The van der Waals surface area contributed by atoms with Crippen LogP contribution in [-0.4, -0.2) is 40.6 Å². The van der Waals surface area contributed by atoms with Gasteiger partial charge in [-0.15, -0.1) is 0 Å². The van der Waals surface area contributed by atoms with Crippen LogP contribution in [0, 0.1) is 5.41 Å². The van der Waals surface area contributed by atoms with Crippen LogP contribution in [0.2, 0.25) is 0 Å². The molecule has 1 aliphatic heterocycles. The predicted molar refractivity (Wildman–Crippen MR) is 74.6 cm³/mol. The molecule has 0 bridgehead atoms. The minimum Gasteiger partial charge on any atom is -0.392 e. The summed E-state index contributed by atoms with van der Waals surface area (Å²) in [6.45, 7) is 1.55. The van der Waals surface area contributed by atoms with Crippen molar-refractivity contribution in [1.82, 2.24) is 15.3 Å². The van der Waals surface area contributed by atoms with Crippen LogP contribution in [0.1, 0.15) is 18.7 Å². The SMILES string of the molecule is NC(=S)C1(C(=O)NCCc2ncc[nH]2)CCOCC1. The highest BCUT2D eigenvalue weighted by Gasteiger charge is 2.42. The smallest absolute Gasteiger partial charge is 0.233 e. The summed E-state index contributed by atoms with van der Waals surface area (Å²) in [5.74, 6) is 0.742. The largest absolute Gasteiger partial charge is 0.392 e. The minimum absolute atomic E-state index is 0.102. The molecule has 1 aromatic heterocycles. The van der Waals surface area contributed by atoms with Crippen LogP contribution in [0.15, 0.2) is 12.4 Å². The topological polar surface area (TPSA) is 93.0 Å². The monoisotopic (exact) mass is 282 g/mol. The minimum atomic E-state index is -0.753. The first-order chi connectivity index (χ1) is 9.15. The maximum absolute atomic E-state index is 12.3. The lowest BCUT2D eigenvalue weighted by molar-refractivity contribution is -0.131. The molecular formula is C12H18N4O2S. The Balaban J connectivity index is 1.91. The Morgan fingerprint density at radius 2 is 2.32 bits per heavy atom. The van der Waals surface area contributed by atoms with E-state index in [0.717, 1.165) is 5.82 Å². The van der Waals surface area contributed by atoms with Gasteiger partial charge in [-0.05, 0) is 12.8 Å². The number of amides is 1. The van der Waals surface area contributed by atoms with Gasteiger partial charge in [0.25, 0.3) is 0 Å². The lowest BCUT2D eigenvalue weighted by Crippen LogP contribution is -2.52. The molecule has 7 heteroatoms. The molecular weight excluding hydrogens is 264 g/mol. The number of nitrogens with zero attached hydrogens (tertiary/aromatic N) is 1. The average Bonchev–Trinajstić information content (AvgIpc) is 2.92. The molecule has 0 aliphatic carbocycles. The number of carbonyl (C=O) groups excluding carboxylic acids is 1. The van der Waals surface area contributed by atoms with E-state index in [1.807, 2.05) is 0 Å². The Kier molecular flexibility index (Phi) is 4.49. The van der Waals surface area contributed by atoms with Gasteiger partial charge in [0, 0.05) is 38.6 Å². The second kappa shape index (κ2) is 6.12. The highest BCUT2D eigenvalue weighted by Crippen LogP contribution is 2.31. The van der Waals surface area contributed by atoms with Crippen molar-refractivity contribution >= 4 is 23.1 Å². The normalized spacial score (nSPS) is 17.9. The number of thiocarbonyl (C=S) groups is 1. The number of hydrogen-bond donors (Lipinski definition) is 3. The van der Waals surface area contributed by atoms with Crippen LogP contribution in [0.25, 0.3) is 0 Å². The second-order valence-electron chi connectivity index (χ2n) is 4.60. The van der Waals surface area contributed by atoms with E-state index < -0.39 is 5.41 Å². The average molecular weight is 282 g/mol. The van der Waals surface area contributed by atoms with Crippen molar-refractivity contribution in [1.29, 1.82) is 0 Å². The number of imidazole rings is 1. The van der Waals surface area contributed by atoms with Gasteiger partial charge in [-0.3, -0.25) is 4.79 Å². The first kappa shape index (κ1) is 14.0. The Morgan fingerprint density at radius 3 is 2.89 bits per heavy atom. The quantitative estimate of drug-likeness (QED) is 0.669. The maximum Gasteiger partial charge on any atom is 0.233 e.